The van der Waals surface area contributed by atoms with Gasteiger partial charge in [-0.2, -0.15) is 0 Å². The Labute approximate surface area is 107 Å². The summed E-state index contributed by atoms with van der Waals surface area (Å²) < 4.78 is 0. The summed E-state index contributed by atoms with van der Waals surface area (Å²) in [6.07, 6.45) is 0.506. The van der Waals surface area contributed by atoms with Crippen molar-refractivity contribution in [3.63, 3.8) is 0 Å². The van der Waals surface area contributed by atoms with Gasteiger partial charge in [0.1, 0.15) is 0 Å². The molecule has 0 amide bonds. The van der Waals surface area contributed by atoms with Gasteiger partial charge in [-0.05, 0) is 24.1 Å². The van der Waals surface area contributed by atoms with Crippen LogP contribution in [0.1, 0.15) is 36.2 Å². The summed E-state index contributed by atoms with van der Waals surface area (Å²) in [4.78, 5) is 10.9. The average molecular weight is 249 g/mol. The van der Waals surface area contributed by atoms with E-state index in [1.54, 1.807) is 18.2 Å². The number of nitrogens with one attached hydrogen (secondary N) is 1. The molecule has 2 unspecified atom stereocenters. The fraction of sp³-hybridized carbons (Fsp3) is 0.500. The van der Waals surface area contributed by atoms with E-state index in [2.05, 4.69) is 5.32 Å². The first-order valence-electron chi connectivity index (χ1n) is 6.15. The van der Waals surface area contributed by atoms with Crippen molar-refractivity contribution in [3.05, 3.63) is 35.4 Å². The van der Waals surface area contributed by atoms with Crippen molar-refractivity contribution < 1.29 is 15.0 Å². The molecule has 0 saturated heterocycles. The molecule has 0 aromatic heterocycles. The number of hydrogen-bond donors (Lipinski definition) is 3. The highest BCUT2D eigenvalue weighted by Crippen LogP contribution is 2.40. The molecular formula is C14H19NO3. The van der Waals surface area contributed by atoms with Crippen LogP contribution >= 0.6 is 0 Å². The number of benzene rings is 1. The van der Waals surface area contributed by atoms with Crippen molar-refractivity contribution in [1.29, 1.82) is 0 Å². The number of carboxylic acids is 1. The van der Waals surface area contributed by atoms with Gasteiger partial charge in [-0.1, -0.05) is 26.0 Å². The minimum Gasteiger partial charge on any atom is -0.478 e. The van der Waals surface area contributed by atoms with Crippen LogP contribution in [0, 0.1) is 5.41 Å². The van der Waals surface area contributed by atoms with Gasteiger partial charge in [-0.25, -0.2) is 4.79 Å². The van der Waals surface area contributed by atoms with E-state index in [1.807, 2.05) is 19.9 Å². The fourth-order valence-corrected chi connectivity index (χ4v) is 2.30. The second-order valence-electron chi connectivity index (χ2n) is 5.51. The Morgan fingerprint density at radius 1 is 1.50 bits per heavy atom. The lowest BCUT2D eigenvalue weighted by Gasteiger charge is -2.49. The molecule has 1 aliphatic rings. The molecule has 1 aliphatic carbocycles. The van der Waals surface area contributed by atoms with E-state index < -0.39 is 5.97 Å². The molecule has 2 rings (SSSR count). The van der Waals surface area contributed by atoms with Gasteiger partial charge in [0.2, 0.25) is 0 Å². The smallest absolute Gasteiger partial charge is 0.335 e. The highest BCUT2D eigenvalue weighted by molar-refractivity contribution is 5.87. The average Bonchev–Trinajstić information content (AvgIpc) is 2.34. The third-order valence-electron chi connectivity index (χ3n) is 3.94. The predicted molar refractivity (Wildman–Crippen MR) is 68.4 cm³/mol. The van der Waals surface area contributed by atoms with Crippen molar-refractivity contribution in [3.8, 4) is 0 Å². The highest BCUT2D eigenvalue weighted by Gasteiger charge is 2.46. The Hall–Kier alpha value is -1.39. The Kier molecular flexibility index (Phi) is 3.41. The van der Waals surface area contributed by atoms with Crippen molar-refractivity contribution in [1.82, 2.24) is 5.32 Å². The lowest BCUT2D eigenvalue weighted by Crippen LogP contribution is -2.59. The number of carbonyl (C=O) groups is 1. The Balaban J connectivity index is 1.95. The van der Waals surface area contributed by atoms with Crippen LogP contribution < -0.4 is 5.32 Å². The molecule has 0 heterocycles. The van der Waals surface area contributed by atoms with E-state index in [-0.39, 0.29) is 17.6 Å². The van der Waals surface area contributed by atoms with Crippen LogP contribution in [0.25, 0.3) is 0 Å². The summed E-state index contributed by atoms with van der Waals surface area (Å²) in [6.45, 7) is 4.70. The molecule has 98 valence electrons. The lowest BCUT2D eigenvalue weighted by molar-refractivity contribution is -0.0729. The Morgan fingerprint density at radius 2 is 2.22 bits per heavy atom. The van der Waals surface area contributed by atoms with Crippen LogP contribution in [-0.2, 0) is 6.54 Å². The number of aliphatic hydroxyl groups excluding tert-OH is 1. The molecule has 2 atom stereocenters. The lowest BCUT2D eigenvalue weighted by atomic mass is 9.64. The maximum Gasteiger partial charge on any atom is 0.335 e. The molecule has 4 nitrogen and oxygen atoms in total. The molecule has 4 heteroatoms. The van der Waals surface area contributed by atoms with Crippen molar-refractivity contribution in [2.45, 2.75) is 39.0 Å². The standard InChI is InChI=1S/C14H19NO3/c1-14(2)11(7-12(14)16)15-8-9-4-3-5-10(6-9)13(17)18/h3-6,11-12,15-16H,7-8H2,1-2H3,(H,17,18). The van der Waals surface area contributed by atoms with Gasteiger partial charge in [0, 0.05) is 18.0 Å². The number of aromatic carboxylic acids is 1. The number of hydrogen-bond acceptors (Lipinski definition) is 3. The molecule has 0 radical (unpaired) electrons. The predicted octanol–water partition coefficient (Wildman–Crippen LogP) is 1.63. The topological polar surface area (TPSA) is 69.6 Å². The van der Waals surface area contributed by atoms with E-state index in [9.17, 15) is 9.90 Å². The summed E-state index contributed by atoms with van der Waals surface area (Å²) in [6, 6.07) is 7.20. The summed E-state index contributed by atoms with van der Waals surface area (Å²) in [7, 11) is 0. The zero-order valence-corrected chi connectivity index (χ0v) is 10.7. The first-order chi connectivity index (χ1) is 8.41. The van der Waals surface area contributed by atoms with Crippen LogP contribution in [0.3, 0.4) is 0 Å². The summed E-state index contributed by atoms with van der Waals surface area (Å²) in [5, 5.41) is 21.9. The molecule has 3 N–H and O–H groups in total. The third kappa shape index (κ3) is 2.40. The SMILES string of the molecule is CC1(C)C(O)CC1NCc1cccc(C(=O)O)c1. The zero-order chi connectivity index (χ0) is 13.3. The largest absolute Gasteiger partial charge is 0.478 e. The van der Waals surface area contributed by atoms with Crippen LogP contribution in [0.5, 0.6) is 0 Å². The quantitative estimate of drug-likeness (QED) is 0.758. The van der Waals surface area contributed by atoms with E-state index in [1.165, 1.54) is 0 Å². The Bertz CT molecular complexity index is 456. The number of rotatable bonds is 4. The van der Waals surface area contributed by atoms with Crippen molar-refractivity contribution in [2.24, 2.45) is 5.41 Å². The van der Waals surface area contributed by atoms with Gasteiger partial charge >= 0.3 is 5.97 Å². The number of aliphatic hydroxyl groups is 1. The number of carboxylic acid groups (broad SMARTS) is 1. The first kappa shape index (κ1) is 13.1. The normalized spacial score (nSPS) is 25.5. The monoisotopic (exact) mass is 249 g/mol. The molecule has 18 heavy (non-hydrogen) atoms. The third-order valence-corrected chi connectivity index (χ3v) is 3.94. The molecule has 1 saturated carbocycles. The maximum absolute atomic E-state index is 10.9. The molecular weight excluding hydrogens is 230 g/mol. The van der Waals surface area contributed by atoms with Gasteiger partial charge in [0.15, 0.2) is 0 Å². The van der Waals surface area contributed by atoms with Gasteiger partial charge in [-0.15, -0.1) is 0 Å². The summed E-state index contributed by atoms with van der Waals surface area (Å²) in [5.41, 5.74) is 1.15. The van der Waals surface area contributed by atoms with E-state index >= 15 is 0 Å². The van der Waals surface area contributed by atoms with E-state index in [0.29, 0.717) is 12.1 Å². The molecule has 1 aromatic carbocycles. The van der Waals surface area contributed by atoms with E-state index in [4.69, 9.17) is 5.11 Å². The van der Waals surface area contributed by atoms with E-state index in [0.717, 1.165) is 12.0 Å². The summed E-state index contributed by atoms with van der Waals surface area (Å²) in [5.74, 6) is -0.906. The van der Waals surface area contributed by atoms with Crippen LogP contribution in [-0.4, -0.2) is 28.3 Å². The van der Waals surface area contributed by atoms with Crippen LogP contribution in [0.4, 0.5) is 0 Å². The van der Waals surface area contributed by atoms with Crippen molar-refractivity contribution in [2.75, 3.05) is 0 Å². The minimum absolute atomic E-state index is 0.107. The Morgan fingerprint density at radius 3 is 2.78 bits per heavy atom. The maximum atomic E-state index is 10.9. The summed E-state index contributed by atoms with van der Waals surface area (Å²) >= 11 is 0. The zero-order valence-electron chi connectivity index (χ0n) is 10.7. The molecule has 0 bridgehead atoms. The van der Waals surface area contributed by atoms with Crippen LogP contribution in [0.2, 0.25) is 0 Å². The molecule has 1 fully saturated rings. The second kappa shape index (κ2) is 4.71. The first-order valence-corrected chi connectivity index (χ1v) is 6.15. The van der Waals surface area contributed by atoms with Crippen molar-refractivity contribution >= 4 is 5.97 Å². The van der Waals surface area contributed by atoms with Gasteiger partial charge < -0.3 is 15.5 Å². The fourth-order valence-electron chi connectivity index (χ4n) is 2.30. The molecule has 1 aromatic rings. The van der Waals surface area contributed by atoms with Crippen LogP contribution in [0.15, 0.2) is 24.3 Å². The van der Waals surface area contributed by atoms with Gasteiger partial charge in [0.25, 0.3) is 0 Å². The molecule has 0 spiro atoms. The molecule has 0 aliphatic heterocycles. The van der Waals surface area contributed by atoms with Gasteiger partial charge in [0.05, 0.1) is 11.7 Å². The second-order valence-corrected chi connectivity index (χ2v) is 5.51. The van der Waals surface area contributed by atoms with Gasteiger partial charge in [-0.3, -0.25) is 0 Å². The minimum atomic E-state index is -0.906. The highest BCUT2D eigenvalue weighted by atomic mass is 16.4.